The molecule has 3 aromatic heterocycles. The van der Waals surface area contributed by atoms with Gasteiger partial charge in [-0.15, -0.1) is 0 Å². The van der Waals surface area contributed by atoms with E-state index in [1.165, 1.54) is 11.0 Å². The van der Waals surface area contributed by atoms with Crippen LogP contribution in [0.5, 0.6) is 0 Å². The van der Waals surface area contributed by atoms with Gasteiger partial charge in [0.05, 0.1) is 82.6 Å². The highest BCUT2D eigenvalue weighted by Gasteiger charge is 2.29. The molecule has 3 aliphatic heterocycles. The number of nitrogens with one attached hydrogen (secondary N) is 1. The summed E-state index contributed by atoms with van der Waals surface area (Å²) in [5, 5.41) is 3.69. The SMILES string of the molecule is Cc1c(N2CCN(C)CC2=O)nc2cc(F)cc(F)c2c1Cl.Cc1c(N2CCN(C)CC2=O)nc2cc(F)cc(F)c2c1Nc1cncc(N2CCOCC2)c1. The van der Waals surface area contributed by atoms with E-state index in [1.54, 1.807) is 31.1 Å². The van der Waals surface area contributed by atoms with Crippen LogP contribution in [-0.2, 0) is 14.3 Å². The molecular weight excluding hydrogens is 754 g/mol. The number of nitrogens with zero attached hydrogens (tertiary/aromatic N) is 8. The van der Waals surface area contributed by atoms with Crippen LogP contribution < -0.4 is 20.0 Å². The highest BCUT2D eigenvalue weighted by molar-refractivity contribution is 6.36. The van der Waals surface area contributed by atoms with Gasteiger partial charge in [0.2, 0.25) is 11.8 Å². The first kappa shape index (κ1) is 39.1. The fraction of sp³-hybridized carbons (Fsp3) is 0.359. The first-order chi connectivity index (χ1) is 26.8. The second-order valence-electron chi connectivity index (χ2n) is 14.1. The summed E-state index contributed by atoms with van der Waals surface area (Å²) in [7, 11) is 3.73. The molecule has 3 aliphatic rings. The largest absolute Gasteiger partial charge is 0.378 e. The molecule has 2 aromatic carbocycles. The van der Waals surface area contributed by atoms with E-state index in [2.05, 4.69) is 25.2 Å². The van der Waals surface area contributed by atoms with E-state index in [0.717, 1.165) is 37.0 Å². The Morgan fingerprint density at radius 2 is 1.23 bits per heavy atom. The number of pyridine rings is 3. The van der Waals surface area contributed by atoms with Crippen molar-refractivity contribution in [3.8, 4) is 0 Å². The van der Waals surface area contributed by atoms with Gasteiger partial charge in [-0.1, -0.05) is 11.6 Å². The van der Waals surface area contributed by atoms with Crippen LogP contribution in [0.25, 0.3) is 21.8 Å². The molecule has 0 unspecified atom stereocenters. The standard InChI is InChI=1S/C24H26F2N6O2.C15H14ClF2N3O/c1-15-23(28-17-11-18(13-27-12-17)31-5-7-34-8-6-31)22-19(26)9-16(25)10-20(22)29-24(15)32-4-3-30(2)14-21(32)33;1-8-14(16)13-10(18)5-9(17)6-11(13)19-15(8)21-4-3-20(2)7-12(21)22/h9-13H,3-8,14H2,1-2H3,(H,28,29);5-6H,3-4,7H2,1-2H3. The molecule has 5 aromatic rings. The summed E-state index contributed by atoms with van der Waals surface area (Å²) in [4.78, 5) is 47.2. The van der Waals surface area contributed by atoms with Gasteiger partial charge in [0.15, 0.2) is 0 Å². The van der Waals surface area contributed by atoms with Gasteiger partial charge in [0, 0.05) is 74.7 Å². The summed E-state index contributed by atoms with van der Waals surface area (Å²) >= 11 is 6.23. The quantitative estimate of drug-likeness (QED) is 0.219. The van der Waals surface area contributed by atoms with Gasteiger partial charge in [-0.25, -0.2) is 27.5 Å². The maximum absolute atomic E-state index is 15.0. The molecule has 1 N–H and O–H groups in total. The second-order valence-corrected chi connectivity index (χ2v) is 14.5. The van der Waals surface area contributed by atoms with Crippen molar-refractivity contribution in [2.45, 2.75) is 13.8 Å². The van der Waals surface area contributed by atoms with Crippen LogP contribution in [0, 0.1) is 37.1 Å². The number of fused-ring (bicyclic) bond motifs is 2. The van der Waals surface area contributed by atoms with Gasteiger partial charge in [-0.2, -0.15) is 0 Å². The van der Waals surface area contributed by atoms with Crippen molar-refractivity contribution in [3.05, 3.63) is 82.1 Å². The average molecular weight is 794 g/mol. The maximum Gasteiger partial charge on any atom is 0.242 e. The summed E-state index contributed by atoms with van der Waals surface area (Å²) in [5.41, 5.74) is 3.37. The van der Waals surface area contributed by atoms with Gasteiger partial charge in [0.25, 0.3) is 0 Å². The number of benzene rings is 2. The van der Waals surface area contributed by atoms with Crippen molar-refractivity contribution in [1.82, 2.24) is 24.8 Å². The van der Waals surface area contributed by atoms with Crippen molar-refractivity contribution in [2.24, 2.45) is 0 Å². The molecule has 0 spiro atoms. The Labute approximate surface area is 325 Å². The van der Waals surface area contributed by atoms with Gasteiger partial charge in [-0.3, -0.25) is 34.2 Å². The van der Waals surface area contributed by atoms with E-state index < -0.39 is 23.3 Å². The molecule has 56 heavy (non-hydrogen) atoms. The minimum atomic E-state index is -0.758. The minimum absolute atomic E-state index is 0.0749. The molecule has 0 bridgehead atoms. The van der Waals surface area contributed by atoms with E-state index in [4.69, 9.17) is 16.3 Å². The summed E-state index contributed by atoms with van der Waals surface area (Å²) in [5.74, 6) is -2.39. The molecule has 3 fully saturated rings. The predicted octanol–water partition coefficient (Wildman–Crippen LogP) is 5.83. The van der Waals surface area contributed by atoms with Crippen LogP contribution in [0.3, 0.4) is 0 Å². The van der Waals surface area contributed by atoms with Crippen LogP contribution in [-0.4, -0.2) is 116 Å². The lowest BCUT2D eigenvalue weighted by Gasteiger charge is -2.33. The average Bonchev–Trinajstić information content (AvgIpc) is 3.15. The van der Waals surface area contributed by atoms with E-state index >= 15 is 4.39 Å². The van der Waals surface area contributed by atoms with Crippen molar-refractivity contribution in [2.75, 3.05) is 99.7 Å². The number of halogens is 5. The Morgan fingerprint density at radius 1 is 0.696 bits per heavy atom. The minimum Gasteiger partial charge on any atom is -0.378 e. The number of rotatable bonds is 5. The van der Waals surface area contributed by atoms with Crippen molar-refractivity contribution >= 4 is 73.9 Å². The summed E-state index contributed by atoms with van der Waals surface area (Å²) in [6.45, 7) is 9.07. The lowest BCUT2D eigenvalue weighted by Crippen LogP contribution is -2.49. The zero-order valence-electron chi connectivity index (χ0n) is 31.3. The number of ether oxygens (including phenoxy) is 1. The first-order valence-corrected chi connectivity index (χ1v) is 18.4. The van der Waals surface area contributed by atoms with Crippen LogP contribution in [0.15, 0.2) is 42.7 Å². The summed E-state index contributed by atoms with van der Waals surface area (Å²) < 4.78 is 61.9. The second kappa shape index (κ2) is 16.1. The Balaban J connectivity index is 0.000000189. The van der Waals surface area contributed by atoms with Crippen molar-refractivity contribution in [1.29, 1.82) is 0 Å². The number of hydrogen-bond acceptors (Lipinski definition) is 10. The molecule has 294 valence electrons. The number of carbonyl (C=O) groups is 2. The summed E-state index contributed by atoms with van der Waals surface area (Å²) in [6, 6.07) is 5.86. The zero-order chi connectivity index (χ0) is 39.8. The van der Waals surface area contributed by atoms with E-state index in [9.17, 15) is 22.8 Å². The van der Waals surface area contributed by atoms with Crippen molar-refractivity contribution < 1.29 is 31.9 Å². The highest BCUT2D eigenvalue weighted by Crippen LogP contribution is 2.38. The van der Waals surface area contributed by atoms with Crippen LogP contribution in [0.4, 0.5) is 46.3 Å². The molecule has 0 radical (unpaired) electrons. The smallest absolute Gasteiger partial charge is 0.242 e. The molecule has 8 rings (SSSR count). The van der Waals surface area contributed by atoms with Gasteiger partial charge >= 0.3 is 0 Å². The van der Waals surface area contributed by atoms with E-state index in [1.807, 2.05) is 30.0 Å². The number of morpholine rings is 1. The molecule has 0 atom stereocenters. The Bertz CT molecular complexity index is 2350. The van der Waals surface area contributed by atoms with Gasteiger partial charge in [-0.05, 0) is 34.0 Å². The van der Waals surface area contributed by atoms with Crippen LogP contribution >= 0.6 is 11.6 Å². The molecule has 3 saturated heterocycles. The first-order valence-electron chi connectivity index (χ1n) is 18.1. The third-order valence-corrected chi connectivity index (χ3v) is 10.5. The molecule has 12 nitrogen and oxygen atoms in total. The third kappa shape index (κ3) is 7.91. The normalized spacial score (nSPS) is 17.1. The predicted molar refractivity (Wildman–Crippen MR) is 208 cm³/mol. The Kier molecular flexibility index (Phi) is 11.3. The fourth-order valence-corrected chi connectivity index (χ4v) is 7.36. The molecular formula is C39H40ClF4N9O3. The molecule has 2 amide bonds. The van der Waals surface area contributed by atoms with E-state index in [0.29, 0.717) is 73.5 Å². The monoisotopic (exact) mass is 793 g/mol. The third-order valence-electron chi connectivity index (χ3n) is 10.1. The summed E-state index contributed by atoms with van der Waals surface area (Å²) in [6.07, 6.45) is 3.43. The Hall–Kier alpha value is -5.16. The van der Waals surface area contributed by atoms with Crippen LogP contribution in [0.1, 0.15) is 11.1 Å². The van der Waals surface area contributed by atoms with Gasteiger partial charge < -0.3 is 15.0 Å². The zero-order valence-corrected chi connectivity index (χ0v) is 32.1. The highest BCUT2D eigenvalue weighted by atomic mass is 35.5. The number of aromatic nitrogens is 3. The lowest BCUT2D eigenvalue weighted by atomic mass is 10.1. The number of carbonyl (C=O) groups excluding carboxylic acids is 2. The number of amides is 2. The van der Waals surface area contributed by atoms with E-state index in [-0.39, 0.29) is 51.7 Å². The Morgan fingerprint density at radius 3 is 1.80 bits per heavy atom. The number of likely N-dealkylation sites (N-methyl/N-ethyl adjacent to an activating group) is 2. The number of anilines is 5. The molecule has 0 saturated carbocycles. The molecule has 6 heterocycles. The van der Waals surface area contributed by atoms with Crippen molar-refractivity contribution in [3.63, 3.8) is 0 Å². The number of hydrogen-bond donors (Lipinski definition) is 1. The van der Waals surface area contributed by atoms with Crippen LogP contribution in [0.2, 0.25) is 5.02 Å². The maximum atomic E-state index is 15.0. The number of piperazine rings is 2. The van der Waals surface area contributed by atoms with Gasteiger partial charge in [0.1, 0.15) is 34.9 Å². The lowest BCUT2D eigenvalue weighted by molar-refractivity contribution is -0.121. The molecule has 0 aliphatic carbocycles. The fourth-order valence-electron chi connectivity index (χ4n) is 7.09. The topological polar surface area (TPSA) is 110 Å². The molecule has 17 heteroatoms.